The molecule has 0 aliphatic heterocycles. The summed E-state index contributed by atoms with van der Waals surface area (Å²) in [5, 5.41) is 0.566. The first-order chi connectivity index (χ1) is 5.77. The number of methoxy groups -OCH3 is 1. The minimum atomic E-state index is 0.566. The molecule has 1 rings (SSSR count). The van der Waals surface area contributed by atoms with Gasteiger partial charge in [-0.2, -0.15) is 11.8 Å². The largest absolute Gasteiger partial charge is 0.497 e. The Morgan fingerprint density at radius 3 is 2.25 bits per heavy atom. The van der Waals surface area contributed by atoms with Crippen LogP contribution in [0.25, 0.3) is 0 Å². The normalized spacial score (nSPS) is 12.6. The number of thioether (sulfide) groups is 1. The number of benzene rings is 1. The third-order valence-corrected chi connectivity index (χ3v) is 2.92. The molecular formula is C10H14OS. The second kappa shape index (κ2) is 4.41. The second-order valence-corrected chi connectivity index (χ2v) is 3.83. The van der Waals surface area contributed by atoms with Crippen LogP contribution in [0.2, 0.25) is 0 Å². The zero-order valence-corrected chi connectivity index (χ0v) is 8.52. The van der Waals surface area contributed by atoms with E-state index >= 15 is 0 Å². The van der Waals surface area contributed by atoms with Crippen LogP contribution in [-0.4, -0.2) is 13.4 Å². The van der Waals surface area contributed by atoms with E-state index in [1.54, 1.807) is 7.11 Å². The van der Waals surface area contributed by atoms with E-state index in [0.717, 1.165) is 5.75 Å². The standard InChI is InChI=1S/C10H14OS/c1-8(12-3)9-4-6-10(11-2)7-5-9/h4-8H,1-3H3. The van der Waals surface area contributed by atoms with Crippen LogP contribution in [0.15, 0.2) is 24.3 Å². The predicted octanol–water partition coefficient (Wildman–Crippen LogP) is 3.12. The topological polar surface area (TPSA) is 9.23 Å². The molecule has 0 saturated carbocycles. The molecule has 1 aromatic rings. The molecule has 1 atom stereocenters. The zero-order valence-electron chi connectivity index (χ0n) is 7.70. The molecule has 0 heterocycles. The molecule has 0 aliphatic rings. The fourth-order valence-electron chi connectivity index (χ4n) is 1.01. The minimum Gasteiger partial charge on any atom is -0.497 e. The molecule has 0 bridgehead atoms. The Labute approximate surface area is 78.1 Å². The SMILES string of the molecule is COc1ccc(C(C)SC)cc1. The fourth-order valence-corrected chi connectivity index (χ4v) is 1.44. The van der Waals surface area contributed by atoms with E-state index in [9.17, 15) is 0 Å². The molecule has 0 spiro atoms. The van der Waals surface area contributed by atoms with Crippen LogP contribution in [-0.2, 0) is 0 Å². The molecule has 1 nitrogen and oxygen atoms in total. The van der Waals surface area contributed by atoms with Crippen molar-refractivity contribution in [2.24, 2.45) is 0 Å². The van der Waals surface area contributed by atoms with Gasteiger partial charge >= 0.3 is 0 Å². The Balaban J connectivity index is 2.77. The molecule has 66 valence electrons. The summed E-state index contributed by atoms with van der Waals surface area (Å²) in [7, 11) is 1.69. The lowest BCUT2D eigenvalue weighted by atomic mass is 10.2. The van der Waals surface area contributed by atoms with Gasteiger partial charge in [0.1, 0.15) is 5.75 Å². The van der Waals surface area contributed by atoms with Crippen LogP contribution in [0.1, 0.15) is 17.7 Å². The lowest BCUT2D eigenvalue weighted by molar-refractivity contribution is 0.414. The van der Waals surface area contributed by atoms with Crippen molar-refractivity contribution in [1.82, 2.24) is 0 Å². The van der Waals surface area contributed by atoms with E-state index in [0.29, 0.717) is 5.25 Å². The van der Waals surface area contributed by atoms with Crippen molar-refractivity contribution in [1.29, 1.82) is 0 Å². The zero-order chi connectivity index (χ0) is 8.97. The average molecular weight is 182 g/mol. The van der Waals surface area contributed by atoms with Gasteiger partial charge in [-0.1, -0.05) is 12.1 Å². The van der Waals surface area contributed by atoms with Gasteiger partial charge in [0.2, 0.25) is 0 Å². The van der Waals surface area contributed by atoms with Gasteiger partial charge in [0, 0.05) is 5.25 Å². The summed E-state index contributed by atoms with van der Waals surface area (Å²) < 4.78 is 5.08. The van der Waals surface area contributed by atoms with Crippen LogP contribution >= 0.6 is 11.8 Å². The molecule has 1 aromatic carbocycles. The Kier molecular flexibility index (Phi) is 3.48. The Hall–Kier alpha value is -0.630. The summed E-state index contributed by atoms with van der Waals surface area (Å²) in [4.78, 5) is 0. The van der Waals surface area contributed by atoms with Gasteiger partial charge in [0.05, 0.1) is 7.11 Å². The van der Waals surface area contributed by atoms with Crippen molar-refractivity contribution in [2.75, 3.05) is 13.4 Å². The summed E-state index contributed by atoms with van der Waals surface area (Å²) in [6, 6.07) is 8.23. The first-order valence-electron chi connectivity index (χ1n) is 3.94. The molecular weight excluding hydrogens is 168 g/mol. The lowest BCUT2D eigenvalue weighted by Crippen LogP contribution is -1.87. The highest BCUT2D eigenvalue weighted by Gasteiger charge is 2.01. The van der Waals surface area contributed by atoms with Crippen molar-refractivity contribution in [3.05, 3.63) is 29.8 Å². The maximum Gasteiger partial charge on any atom is 0.118 e. The average Bonchev–Trinajstić information content (AvgIpc) is 2.17. The molecule has 0 aliphatic carbocycles. The predicted molar refractivity (Wildman–Crippen MR) is 54.9 cm³/mol. The summed E-state index contributed by atoms with van der Waals surface area (Å²) in [6.07, 6.45) is 2.12. The molecule has 0 amide bonds. The summed E-state index contributed by atoms with van der Waals surface area (Å²) in [6.45, 7) is 2.20. The Bertz CT molecular complexity index is 230. The first-order valence-corrected chi connectivity index (χ1v) is 5.23. The highest BCUT2D eigenvalue weighted by atomic mass is 32.2. The monoisotopic (exact) mass is 182 g/mol. The molecule has 0 saturated heterocycles. The van der Waals surface area contributed by atoms with Crippen LogP contribution < -0.4 is 4.74 Å². The van der Waals surface area contributed by atoms with Crippen LogP contribution in [0.4, 0.5) is 0 Å². The van der Waals surface area contributed by atoms with Gasteiger partial charge in [0.15, 0.2) is 0 Å². The van der Waals surface area contributed by atoms with Crippen LogP contribution in [0.3, 0.4) is 0 Å². The van der Waals surface area contributed by atoms with Gasteiger partial charge < -0.3 is 4.74 Å². The molecule has 2 heteroatoms. The van der Waals surface area contributed by atoms with Gasteiger partial charge in [-0.05, 0) is 30.9 Å². The molecule has 0 radical (unpaired) electrons. The van der Waals surface area contributed by atoms with Crippen molar-refractivity contribution < 1.29 is 4.74 Å². The van der Waals surface area contributed by atoms with Crippen LogP contribution in [0, 0.1) is 0 Å². The smallest absolute Gasteiger partial charge is 0.118 e. The maximum atomic E-state index is 5.08. The van der Waals surface area contributed by atoms with E-state index in [-0.39, 0.29) is 0 Å². The highest BCUT2D eigenvalue weighted by Crippen LogP contribution is 2.26. The quantitative estimate of drug-likeness (QED) is 0.710. The van der Waals surface area contributed by atoms with Gasteiger partial charge in [-0.3, -0.25) is 0 Å². The Morgan fingerprint density at radius 2 is 1.83 bits per heavy atom. The van der Waals surface area contributed by atoms with E-state index in [1.807, 2.05) is 23.9 Å². The second-order valence-electron chi connectivity index (χ2n) is 2.65. The summed E-state index contributed by atoms with van der Waals surface area (Å²) >= 11 is 1.85. The van der Waals surface area contributed by atoms with Gasteiger partial charge in [-0.25, -0.2) is 0 Å². The molecule has 0 aromatic heterocycles. The molecule has 12 heavy (non-hydrogen) atoms. The number of hydrogen-bond acceptors (Lipinski definition) is 2. The van der Waals surface area contributed by atoms with E-state index in [4.69, 9.17) is 4.74 Å². The summed E-state index contributed by atoms with van der Waals surface area (Å²) in [5.74, 6) is 0.923. The number of hydrogen-bond donors (Lipinski definition) is 0. The minimum absolute atomic E-state index is 0.566. The summed E-state index contributed by atoms with van der Waals surface area (Å²) in [5.41, 5.74) is 1.35. The van der Waals surface area contributed by atoms with Crippen molar-refractivity contribution in [3.63, 3.8) is 0 Å². The van der Waals surface area contributed by atoms with Crippen LogP contribution in [0.5, 0.6) is 5.75 Å². The third-order valence-electron chi connectivity index (χ3n) is 1.94. The first kappa shape index (κ1) is 9.46. The van der Waals surface area contributed by atoms with Crippen molar-refractivity contribution in [3.8, 4) is 5.75 Å². The van der Waals surface area contributed by atoms with E-state index in [2.05, 4.69) is 25.3 Å². The molecule has 1 unspecified atom stereocenters. The number of rotatable bonds is 3. The number of ether oxygens (including phenoxy) is 1. The van der Waals surface area contributed by atoms with Gasteiger partial charge in [-0.15, -0.1) is 0 Å². The fraction of sp³-hybridized carbons (Fsp3) is 0.400. The van der Waals surface area contributed by atoms with E-state index in [1.165, 1.54) is 5.56 Å². The Morgan fingerprint density at radius 1 is 1.25 bits per heavy atom. The van der Waals surface area contributed by atoms with Crippen molar-refractivity contribution in [2.45, 2.75) is 12.2 Å². The van der Waals surface area contributed by atoms with Crippen molar-refractivity contribution >= 4 is 11.8 Å². The molecule has 0 fully saturated rings. The third kappa shape index (κ3) is 2.18. The highest BCUT2D eigenvalue weighted by molar-refractivity contribution is 7.98. The van der Waals surface area contributed by atoms with Gasteiger partial charge in [0.25, 0.3) is 0 Å². The van der Waals surface area contributed by atoms with E-state index < -0.39 is 0 Å². The lowest BCUT2D eigenvalue weighted by Gasteiger charge is -2.08. The maximum absolute atomic E-state index is 5.08. The molecule has 0 N–H and O–H groups in total.